The summed E-state index contributed by atoms with van der Waals surface area (Å²) in [5.74, 6) is -5.13. The van der Waals surface area contributed by atoms with Crippen molar-refractivity contribution in [1.29, 1.82) is 0 Å². The van der Waals surface area contributed by atoms with Crippen molar-refractivity contribution < 1.29 is 28.0 Å². The van der Waals surface area contributed by atoms with Crippen LogP contribution in [0.15, 0.2) is 24.3 Å². The number of hydrogen-bond donors (Lipinski definition) is 1. The number of nitro groups is 1. The van der Waals surface area contributed by atoms with Crippen LogP contribution in [-0.4, -0.2) is 40.2 Å². The molecule has 3 rings (SSSR count). The number of pyridine rings is 1. The number of carboxylic acid groups (broad SMARTS) is 1. The Morgan fingerprint density at radius 3 is 2.58 bits per heavy atom. The molecule has 1 saturated heterocycles. The summed E-state index contributed by atoms with van der Waals surface area (Å²) in [6.07, 6.45) is -4.65. The third-order valence-corrected chi connectivity index (χ3v) is 4.51. The zero-order valence-corrected chi connectivity index (χ0v) is 13.5. The van der Waals surface area contributed by atoms with E-state index in [9.17, 15) is 28.1 Å². The lowest BCUT2D eigenvalue weighted by Crippen LogP contribution is -2.33. The second-order valence-electron chi connectivity index (χ2n) is 6.24. The van der Waals surface area contributed by atoms with Crippen molar-refractivity contribution in [2.45, 2.75) is 13.1 Å². The zero-order chi connectivity index (χ0) is 19.2. The summed E-state index contributed by atoms with van der Waals surface area (Å²) in [6.45, 7) is 0.790. The number of non-ortho nitro benzene ring substituents is 1. The Bertz CT molecular complexity index is 900. The molecule has 1 aromatic carbocycles. The summed E-state index contributed by atoms with van der Waals surface area (Å²) < 4.78 is 39.7. The standard InChI is InChI=1S/C16H14F3N3O4/c1-8-4-14(10-5-9(22(25)26)2-3-13(10)20-8)21-6-11(15(23)24)12(7-21)16(17,18)19/h2-5,11-12H,6-7H2,1H3,(H,23,24)/t11-,12-/m1/s1. The summed E-state index contributed by atoms with van der Waals surface area (Å²) in [5.41, 5.74) is 1.01. The van der Waals surface area contributed by atoms with E-state index in [2.05, 4.69) is 4.98 Å². The Labute approximate surface area is 145 Å². The molecule has 138 valence electrons. The molecule has 1 aromatic heterocycles. The topological polar surface area (TPSA) is 96.6 Å². The molecule has 7 nitrogen and oxygen atoms in total. The van der Waals surface area contributed by atoms with Gasteiger partial charge >= 0.3 is 12.1 Å². The number of fused-ring (bicyclic) bond motifs is 1. The normalized spacial score (nSPS) is 20.5. The highest BCUT2D eigenvalue weighted by Gasteiger charge is 2.52. The summed E-state index contributed by atoms with van der Waals surface area (Å²) in [5, 5.41) is 20.5. The molecule has 0 amide bonds. The molecule has 1 N–H and O–H groups in total. The summed E-state index contributed by atoms with van der Waals surface area (Å²) in [7, 11) is 0. The second kappa shape index (κ2) is 6.11. The highest BCUT2D eigenvalue weighted by Crippen LogP contribution is 2.41. The van der Waals surface area contributed by atoms with Crippen LogP contribution in [0, 0.1) is 28.9 Å². The van der Waals surface area contributed by atoms with Gasteiger partial charge in [-0.3, -0.25) is 19.9 Å². The number of aliphatic carboxylic acids is 1. The quantitative estimate of drug-likeness (QED) is 0.659. The summed E-state index contributed by atoms with van der Waals surface area (Å²) in [6, 6.07) is 5.45. The van der Waals surface area contributed by atoms with Crippen LogP contribution < -0.4 is 4.90 Å². The maximum absolute atomic E-state index is 13.2. The zero-order valence-electron chi connectivity index (χ0n) is 13.5. The fourth-order valence-electron chi connectivity index (χ4n) is 3.28. The fraction of sp³-hybridized carbons (Fsp3) is 0.375. The molecule has 0 spiro atoms. The highest BCUT2D eigenvalue weighted by atomic mass is 19.4. The number of carboxylic acids is 1. The van der Waals surface area contributed by atoms with Crippen LogP contribution in [0.25, 0.3) is 10.9 Å². The minimum atomic E-state index is -4.65. The van der Waals surface area contributed by atoms with E-state index in [1.165, 1.54) is 29.2 Å². The van der Waals surface area contributed by atoms with Gasteiger partial charge in [0, 0.05) is 42.0 Å². The Hall–Kier alpha value is -2.91. The van der Waals surface area contributed by atoms with Gasteiger partial charge in [0.1, 0.15) is 0 Å². The van der Waals surface area contributed by atoms with Crippen molar-refractivity contribution >= 4 is 28.2 Å². The van der Waals surface area contributed by atoms with E-state index < -0.39 is 35.4 Å². The minimum absolute atomic E-state index is 0.217. The molecule has 2 heterocycles. The monoisotopic (exact) mass is 369 g/mol. The van der Waals surface area contributed by atoms with Crippen molar-refractivity contribution in [2.75, 3.05) is 18.0 Å². The first-order chi connectivity index (χ1) is 12.1. The molecule has 1 fully saturated rings. The van der Waals surface area contributed by atoms with Gasteiger partial charge in [0.2, 0.25) is 0 Å². The number of carbonyl (C=O) groups is 1. The summed E-state index contributed by atoms with van der Waals surface area (Å²) in [4.78, 5) is 27.2. The van der Waals surface area contributed by atoms with Gasteiger partial charge in [0.05, 0.1) is 22.3 Å². The first kappa shape index (κ1) is 17.9. The molecule has 26 heavy (non-hydrogen) atoms. The Morgan fingerprint density at radius 1 is 1.35 bits per heavy atom. The number of aromatic nitrogens is 1. The van der Waals surface area contributed by atoms with E-state index in [1.807, 2.05) is 0 Å². The van der Waals surface area contributed by atoms with Crippen molar-refractivity contribution in [2.24, 2.45) is 11.8 Å². The molecule has 2 aromatic rings. The molecule has 1 aliphatic rings. The largest absolute Gasteiger partial charge is 0.481 e. The number of halogens is 3. The van der Waals surface area contributed by atoms with E-state index in [-0.39, 0.29) is 12.2 Å². The van der Waals surface area contributed by atoms with E-state index in [4.69, 9.17) is 5.11 Å². The summed E-state index contributed by atoms with van der Waals surface area (Å²) >= 11 is 0. The van der Waals surface area contributed by atoms with Gasteiger partial charge in [-0.1, -0.05) is 0 Å². The van der Waals surface area contributed by atoms with E-state index in [0.717, 1.165) is 0 Å². The molecular weight excluding hydrogens is 355 g/mol. The lowest BCUT2D eigenvalue weighted by atomic mass is 9.96. The van der Waals surface area contributed by atoms with Crippen LogP contribution in [0.4, 0.5) is 24.5 Å². The van der Waals surface area contributed by atoms with Crippen molar-refractivity contribution in [1.82, 2.24) is 4.98 Å². The molecule has 1 aliphatic heterocycles. The molecular formula is C16H14F3N3O4. The number of benzene rings is 1. The van der Waals surface area contributed by atoms with Gasteiger partial charge in [0.15, 0.2) is 0 Å². The molecule has 10 heteroatoms. The van der Waals surface area contributed by atoms with Crippen LogP contribution >= 0.6 is 0 Å². The van der Waals surface area contributed by atoms with Gasteiger partial charge in [-0.25, -0.2) is 0 Å². The Kier molecular flexibility index (Phi) is 4.21. The van der Waals surface area contributed by atoms with Crippen LogP contribution in [0.1, 0.15) is 5.69 Å². The average molecular weight is 369 g/mol. The predicted molar refractivity (Wildman–Crippen MR) is 86.0 cm³/mol. The Balaban J connectivity index is 2.11. The number of nitro benzene ring substituents is 1. The van der Waals surface area contributed by atoms with Gasteiger partial charge < -0.3 is 10.0 Å². The van der Waals surface area contributed by atoms with Crippen molar-refractivity contribution in [3.05, 3.63) is 40.1 Å². The number of rotatable bonds is 3. The molecule has 0 aliphatic carbocycles. The van der Waals surface area contributed by atoms with Crippen molar-refractivity contribution in [3.8, 4) is 0 Å². The number of aryl methyl sites for hydroxylation is 1. The fourth-order valence-corrected chi connectivity index (χ4v) is 3.28. The van der Waals surface area contributed by atoms with Crippen LogP contribution in [0.3, 0.4) is 0 Å². The first-order valence-electron chi connectivity index (χ1n) is 7.68. The third kappa shape index (κ3) is 3.14. The number of hydrogen-bond acceptors (Lipinski definition) is 5. The highest BCUT2D eigenvalue weighted by molar-refractivity contribution is 5.94. The SMILES string of the molecule is Cc1cc(N2C[C@@H](C(F)(F)F)[C@H](C(=O)O)C2)c2cc([N+](=O)[O-])ccc2n1. The maximum atomic E-state index is 13.2. The smallest absolute Gasteiger partial charge is 0.394 e. The molecule has 0 saturated carbocycles. The maximum Gasteiger partial charge on any atom is 0.394 e. The number of anilines is 1. The van der Waals surface area contributed by atoms with Crippen LogP contribution in [0.5, 0.6) is 0 Å². The molecule has 2 atom stereocenters. The Morgan fingerprint density at radius 2 is 2.04 bits per heavy atom. The van der Waals surface area contributed by atoms with E-state index >= 15 is 0 Å². The molecule has 0 radical (unpaired) electrons. The van der Waals surface area contributed by atoms with Crippen LogP contribution in [0.2, 0.25) is 0 Å². The lowest BCUT2D eigenvalue weighted by Gasteiger charge is -2.21. The van der Waals surface area contributed by atoms with Gasteiger partial charge in [-0.2, -0.15) is 13.2 Å². The van der Waals surface area contributed by atoms with Crippen LogP contribution in [-0.2, 0) is 4.79 Å². The van der Waals surface area contributed by atoms with Gasteiger partial charge in [0.25, 0.3) is 5.69 Å². The van der Waals surface area contributed by atoms with Crippen molar-refractivity contribution in [3.63, 3.8) is 0 Å². The average Bonchev–Trinajstić information content (AvgIpc) is 2.99. The van der Waals surface area contributed by atoms with E-state index in [1.54, 1.807) is 6.92 Å². The minimum Gasteiger partial charge on any atom is -0.481 e. The number of nitrogens with zero attached hydrogens (tertiary/aromatic N) is 3. The second-order valence-corrected chi connectivity index (χ2v) is 6.24. The molecule has 0 bridgehead atoms. The van der Waals surface area contributed by atoms with Gasteiger partial charge in [-0.15, -0.1) is 0 Å². The predicted octanol–water partition coefficient (Wildman–Crippen LogP) is 3.15. The van der Waals surface area contributed by atoms with Gasteiger partial charge in [-0.05, 0) is 19.1 Å². The number of alkyl halides is 3. The van der Waals surface area contributed by atoms with E-state index in [0.29, 0.717) is 22.3 Å². The lowest BCUT2D eigenvalue weighted by molar-refractivity contribution is -0.384. The molecule has 0 unspecified atom stereocenters. The third-order valence-electron chi connectivity index (χ3n) is 4.51. The first-order valence-corrected chi connectivity index (χ1v) is 7.68.